The van der Waals surface area contributed by atoms with Crippen molar-refractivity contribution in [3.8, 4) is 44.5 Å². The van der Waals surface area contributed by atoms with Gasteiger partial charge in [0.25, 0.3) is 0 Å². The number of rotatable bonds is 4. The lowest BCUT2D eigenvalue weighted by atomic mass is 9.86. The van der Waals surface area contributed by atoms with Crippen molar-refractivity contribution in [1.82, 2.24) is 0 Å². The van der Waals surface area contributed by atoms with Crippen LogP contribution in [0.3, 0.4) is 0 Å². The highest BCUT2D eigenvalue weighted by Gasteiger charge is 2.18. The molecule has 0 amide bonds. The highest BCUT2D eigenvalue weighted by Crippen LogP contribution is 2.44. The van der Waals surface area contributed by atoms with E-state index in [4.69, 9.17) is 34.7 Å². The zero-order valence-electron chi connectivity index (χ0n) is 18.3. The summed E-state index contributed by atoms with van der Waals surface area (Å²) in [5.41, 5.74) is 22.1. The summed E-state index contributed by atoms with van der Waals surface area (Å²) < 4.78 is 0. The molecule has 0 aliphatic carbocycles. The second-order valence-electron chi connectivity index (χ2n) is 8.17. The average molecular weight is 481 g/mol. The van der Waals surface area contributed by atoms with Crippen molar-refractivity contribution >= 4 is 34.6 Å². The molecule has 0 spiro atoms. The Bertz CT molecular complexity index is 1470. The van der Waals surface area contributed by atoms with Gasteiger partial charge in [0.1, 0.15) is 0 Å². The molecule has 4 heteroatoms. The summed E-state index contributed by atoms with van der Waals surface area (Å²) in [7, 11) is 0. The van der Waals surface area contributed by atoms with Gasteiger partial charge in [0.2, 0.25) is 0 Å². The van der Waals surface area contributed by atoms with Gasteiger partial charge in [-0.15, -0.1) is 0 Å². The average Bonchev–Trinajstić information content (AvgIpc) is 2.84. The number of hydrogen-bond donors (Lipinski definition) is 2. The lowest BCUT2D eigenvalue weighted by molar-refractivity contribution is 1.55. The highest BCUT2D eigenvalue weighted by atomic mass is 35.5. The molecule has 0 unspecified atom stereocenters. The Balaban J connectivity index is 1.71. The Morgan fingerprint density at radius 3 is 1.50 bits per heavy atom. The van der Waals surface area contributed by atoms with E-state index in [-0.39, 0.29) is 0 Å². The van der Waals surface area contributed by atoms with Crippen LogP contribution in [0.1, 0.15) is 0 Å². The molecule has 34 heavy (non-hydrogen) atoms. The first-order valence-electron chi connectivity index (χ1n) is 10.9. The molecule has 4 N–H and O–H groups in total. The van der Waals surface area contributed by atoms with Crippen LogP contribution in [0.5, 0.6) is 0 Å². The van der Waals surface area contributed by atoms with Gasteiger partial charge in [0.05, 0.1) is 0 Å². The smallest absolute Gasteiger partial charge is 0.0412 e. The largest absolute Gasteiger partial charge is 0.399 e. The second-order valence-corrected chi connectivity index (χ2v) is 9.05. The quantitative estimate of drug-likeness (QED) is 0.252. The molecule has 0 aromatic heterocycles. The molecule has 5 aromatic rings. The van der Waals surface area contributed by atoms with Gasteiger partial charge in [-0.25, -0.2) is 0 Å². The molecule has 5 aromatic carbocycles. The van der Waals surface area contributed by atoms with Crippen LogP contribution >= 0.6 is 23.2 Å². The van der Waals surface area contributed by atoms with Gasteiger partial charge in [0.15, 0.2) is 0 Å². The topological polar surface area (TPSA) is 52.0 Å². The van der Waals surface area contributed by atoms with Gasteiger partial charge >= 0.3 is 0 Å². The number of nitrogens with two attached hydrogens (primary N) is 2. The van der Waals surface area contributed by atoms with Crippen LogP contribution in [-0.2, 0) is 0 Å². The molecule has 0 radical (unpaired) electrons. The zero-order valence-corrected chi connectivity index (χ0v) is 19.8. The number of benzene rings is 5. The normalized spacial score (nSPS) is 10.9. The number of hydrogen-bond acceptors (Lipinski definition) is 2. The highest BCUT2D eigenvalue weighted by molar-refractivity contribution is 6.31. The minimum Gasteiger partial charge on any atom is -0.399 e. The summed E-state index contributed by atoms with van der Waals surface area (Å²) in [6.45, 7) is 0. The minimum absolute atomic E-state index is 0.659. The number of nitrogen functional groups attached to an aromatic ring is 2. The van der Waals surface area contributed by atoms with Crippen LogP contribution in [0.15, 0.2) is 109 Å². The standard InChI is InChI=1S/C30H22Cl2N2/c31-24-5-1-3-22(17-24)29-27(15-16-28(34)30(29)23-4-2-6-25(32)18-23)21-9-7-19(8-10-21)20-11-13-26(33)14-12-20/h1-18H,33-34H2. The summed E-state index contributed by atoms with van der Waals surface area (Å²) in [5, 5.41) is 1.33. The van der Waals surface area contributed by atoms with Crippen molar-refractivity contribution in [2.75, 3.05) is 11.5 Å². The van der Waals surface area contributed by atoms with Crippen molar-refractivity contribution in [1.29, 1.82) is 0 Å². The molecular weight excluding hydrogens is 459 g/mol. The van der Waals surface area contributed by atoms with Crippen LogP contribution in [0.4, 0.5) is 11.4 Å². The Morgan fingerprint density at radius 1 is 0.441 bits per heavy atom. The Labute approximate surface area is 209 Å². The maximum Gasteiger partial charge on any atom is 0.0412 e. The predicted octanol–water partition coefficient (Wildman–Crippen LogP) is 8.83. The maximum atomic E-state index is 6.55. The number of halogens is 2. The fourth-order valence-corrected chi connectivity index (χ4v) is 4.66. The Kier molecular flexibility index (Phi) is 6.02. The Morgan fingerprint density at radius 2 is 0.941 bits per heavy atom. The molecule has 0 fully saturated rings. The first-order chi connectivity index (χ1) is 16.5. The molecule has 166 valence electrons. The molecule has 0 aliphatic heterocycles. The summed E-state index contributed by atoms with van der Waals surface area (Å²) in [5.74, 6) is 0. The first-order valence-corrected chi connectivity index (χ1v) is 11.7. The van der Waals surface area contributed by atoms with E-state index in [0.29, 0.717) is 15.7 Å². The van der Waals surface area contributed by atoms with Crippen molar-refractivity contribution in [2.24, 2.45) is 0 Å². The van der Waals surface area contributed by atoms with Gasteiger partial charge in [0, 0.05) is 27.0 Å². The zero-order chi connectivity index (χ0) is 23.7. The fraction of sp³-hybridized carbons (Fsp3) is 0. The van der Waals surface area contributed by atoms with Crippen LogP contribution < -0.4 is 11.5 Å². The van der Waals surface area contributed by atoms with Gasteiger partial charge in [-0.3, -0.25) is 0 Å². The van der Waals surface area contributed by atoms with Crippen LogP contribution in [0, 0.1) is 0 Å². The van der Waals surface area contributed by atoms with E-state index in [1.54, 1.807) is 0 Å². The first kappa shape index (κ1) is 22.1. The van der Waals surface area contributed by atoms with Crippen LogP contribution in [0.2, 0.25) is 10.0 Å². The van der Waals surface area contributed by atoms with E-state index >= 15 is 0 Å². The van der Waals surface area contributed by atoms with E-state index in [2.05, 4.69) is 36.4 Å². The molecule has 0 atom stereocenters. The summed E-state index contributed by atoms with van der Waals surface area (Å²) in [4.78, 5) is 0. The van der Waals surface area contributed by atoms with Crippen molar-refractivity contribution in [3.05, 3.63) is 119 Å². The van der Waals surface area contributed by atoms with E-state index in [9.17, 15) is 0 Å². The van der Waals surface area contributed by atoms with Crippen LogP contribution in [0.25, 0.3) is 44.5 Å². The second kappa shape index (κ2) is 9.26. The molecule has 0 bridgehead atoms. The molecule has 0 heterocycles. The Hall–Kier alpha value is -3.72. The third-order valence-electron chi connectivity index (χ3n) is 5.90. The van der Waals surface area contributed by atoms with Gasteiger partial charge in [-0.1, -0.05) is 89.9 Å². The molecule has 5 rings (SSSR count). The van der Waals surface area contributed by atoms with E-state index in [1.165, 1.54) is 0 Å². The molecule has 0 saturated heterocycles. The maximum absolute atomic E-state index is 6.55. The molecule has 2 nitrogen and oxygen atoms in total. The van der Waals surface area contributed by atoms with E-state index < -0.39 is 0 Å². The summed E-state index contributed by atoms with van der Waals surface area (Å²) in [6.07, 6.45) is 0. The van der Waals surface area contributed by atoms with Gasteiger partial charge < -0.3 is 11.5 Å². The molecule has 0 aliphatic rings. The molecular formula is C30H22Cl2N2. The SMILES string of the molecule is Nc1ccc(-c2ccc(-c3ccc(N)c(-c4cccc(Cl)c4)c3-c3cccc(Cl)c3)cc2)cc1. The van der Waals surface area contributed by atoms with Crippen LogP contribution in [-0.4, -0.2) is 0 Å². The van der Waals surface area contributed by atoms with E-state index in [0.717, 1.165) is 50.2 Å². The minimum atomic E-state index is 0.659. The lowest BCUT2D eigenvalue weighted by Gasteiger charge is -2.19. The number of anilines is 2. The predicted molar refractivity (Wildman–Crippen MR) is 147 cm³/mol. The summed E-state index contributed by atoms with van der Waals surface area (Å²) in [6, 6.07) is 36.0. The van der Waals surface area contributed by atoms with Crippen molar-refractivity contribution < 1.29 is 0 Å². The van der Waals surface area contributed by atoms with Gasteiger partial charge in [-0.05, 0) is 81.4 Å². The summed E-state index contributed by atoms with van der Waals surface area (Å²) >= 11 is 12.7. The lowest BCUT2D eigenvalue weighted by Crippen LogP contribution is -1.97. The van der Waals surface area contributed by atoms with E-state index in [1.807, 2.05) is 72.8 Å². The van der Waals surface area contributed by atoms with Gasteiger partial charge in [-0.2, -0.15) is 0 Å². The third-order valence-corrected chi connectivity index (χ3v) is 6.37. The third kappa shape index (κ3) is 4.38. The fourth-order valence-electron chi connectivity index (χ4n) is 4.28. The molecule has 0 saturated carbocycles. The van der Waals surface area contributed by atoms with Crippen molar-refractivity contribution in [2.45, 2.75) is 0 Å². The monoisotopic (exact) mass is 480 g/mol. The van der Waals surface area contributed by atoms with Crippen molar-refractivity contribution in [3.63, 3.8) is 0 Å².